The number of carbonyl (C=O) groups excluding carboxylic acids is 1. The Bertz CT molecular complexity index is 1210. The molecule has 33 heavy (non-hydrogen) atoms. The summed E-state index contributed by atoms with van der Waals surface area (Å²) in [6, 6.07) is 14.0. The highest BCUT2D eigenvalue weighted by Gasteiger charge is 2.34. The van der Waals surface area contributed by atoms with Gasteiger partial charge in [-0.3, -0.25) is 9.69 Å². The van der Waals surface area contributed by atoms with E-state index < -0.39 is 0 Å². The van der Waals surface area contributed by atoms with E-state index in [0.717, 1.165) is 80.6 Å². The van der Waals surface area contributed by atoms with E-state index in [1.165, 1.54) is 17.5 Å². The summed E-state index contributed by atoms with van der Waals surface area (Å²) in [5, 5.41) is 12.6. The number of imidazole rings is 1. The van der Waals surface area contributed by atoms with Crippen molar-refractivity contribution in [3.8, 4) is 6.07 Å². The van der Waals surface area contributed by atoms with Gasteiger partial charge in [0, 0.05) is 30.7 Å². The molecule has 1 fully saturated rings. The first-order chi connectivity index (χ1) is 16.0. The van der Waals surface area contributed by atoms with Crippen LogP contribution in [0, 0.1) is 18.3 Å². The molecule has 0 spiro atoms. The van der Waals surface area contributed by atoms with Crippen LogP contribution in [0.15, 0.2) is 36.4 Å². The van der Waals surface area contributed by atoms with Crippen molar-refractivity contribution in [3.05, 3.63) is 64.5 Å². The first-order valence-electron chi connectivity index (χ1n) is 12.1. The van der Waals surface area contributed by atoms with Crippen LogP contribution in [-0.2, 0) is 13.0 Å². The van der Waals surface area contributed by atoms with E-state index in [1.54, 1.807) is 0 Å². The van der Waals surface area contributed by atoms with E-state index in [9.17, 15) is 4.79 Å². The third kappa shape index (κ3) is 4.65. The number of nitrogens with zero attached hydrogens (tertiary/aromatic N) is 3. The summed E-state index contributed by atoms with van der Waals surface area (Å²) >= 11 is 0. The van der Waals surface area contributed by atoms with Gasteiger partial charge in [-0.05, 0) is 74.1 Å². The van der Waals surface area contributed by atoms with Crippen LogP contribution in [0.25, 0.3) is 11.0 Å². The number of amides is 1. The predicted octanol–water partition coefficient (Wildman–Crippen LogP) is 4.62. The van der Waals surface area contributed by atoms with Crippen LogP contribution in [0.1, 0.15) is 71.4 Å². The first-order valence-corrected chi connectivity index (χ1v) is 12.1. The summed E-state index contributed by atoms with van der Waals surface area (Å²) in [4.78, 5) is 23.5. The zero-order chi connectivity index (χ0) is 22.8. The summed E-state index contributed by atoms with van der Waals surface area (Å²) in [7, 11) is 0. The third-order valence-electron chi connectivity index (χ3n) is 7.39. The van der Waals surface area contributed by atoms with Gasteiger partial charge in [-0.15, -0.1) is 0 Å². The number of hydrogen-bond donors (Lipinski definition) is 2. The number of rotatable bonds is 5. The van der Waals surface area contributed by atoms with Gasteiger partial charge in [0.15, 0.2) is 0 Å². The van der Waals surface area contributed by atoms with E-state index in [4.69, 9.17) is 5.26 Å². The summed E-state index contributed by atoms with van der Waals surface area (Å²) < 4.78 is 0. The number of hydrogen-bond acceptors (Lipinski definition) is 4. The smallest absolute Gasteiger partial charge is 0.251 e. The summed E-state index contributed by atoms with van der Waals surface area (Å²) in [5.41, 5.74) is 5.71. The van der Waals surface area contributed by atoms with E-state index in [2.05, 4.69) is 32.3 Å². The molecule has 0 radical (unpaired) electrons. The Balaban J connectivity index is 1.27. The van der Waals surface area contributed by atoms with Gasteiger partial charge in [0.2, 0.25) is 0 Å². The second kappa shape index (κ2) is 8.99. The average molecular weight is 442 g/mol. The fourth-order valence-corrected chi connectivity index (χ4v) is 5.50. The van der Waals surface area contributed by atoms with Crippen molar-refractivity contribution in [2.75, 3.05) is 13.1 Å². The summed E-state index contributed by atoms with van der Waals surface area (Å²) in [5.74, 6) is 0.866. The topological polar surface area (TPSA) is 84.8 Å². The van der Waals surface area contributed by atoms with Crippen LogP contribution < -0.4 is 5.32 Å². The molecule has 6 nitrogen and oxygen atoms in total. The summed E-state index contributed by atoms with van der Waals surface area (Å²) in [6.07, 6.45) is 7.60. The molecule has 1 aromatic heterocycles. The quantitative estimate of drug-likeness (QED) is 0.605. The molecule has 2 N–H and O–H groups in total. The molecule has 1 aliphatic carbocycles. The number of fused-ring (bicyclic) bond motifs is 2. The monoisotopic (exact) mass is 441 g/mol. The predicted molar refractivity (Wildman–Crippen MR) is 129 cm³/mol. The van der Waals surface area contributed by atoms with E-state index in [1.807, 2.05) is 37.3 Å². The maximum absolute atomic E-state index is 13.3. The molecule has 1 saturated carbocycles. The van der Waals surface area contributed by atoms with Crippen molar-refractivity contribution in [2.45, 2.75) is 64.0 Å². The number of H-pyrrole nitrogens is 1. The lowest BCUT2D eigenvalue weighted by Crippen LogP contribution is -2.51. The van der Waals surface area contributed by atoms with Crippen molar-refractivity contribution >= 4 is 16.9 Å². The Hall–Kier alpha value is -3.17. The Morgan fingerprint density at radius 1 is 1.18 bits per heavy atom. The van der Waals surface area contributed by atoms with Crippen LogP contribution in [-0.4, -0.2) is 39.4 Å². The van der Waals surface area contributed by atoms with Crippen molar-refractivity contribution in [1.82, 2.24) is 20.2 Å². The molecule has 6 heteroatoms. The average Bonchev–Trinajstić information content (AvgIpc) is 3.22. The number of carbonyl (C=O) groups is 1. The maximum Gasteiger partial charge on any atom is 0.251 e. The molecule has 2 heterocycles. The van der Waals surface area contributed by atoms with Gasteiger partial charge in [-0.25, -0.2) is 4.98 Å². The zero-order valence-electron chi connectivity index (χ0n) is 19.3. The van der Waals surface area contributed by atoms with E-state index in [0.29, 0.717) is 5.56 Å². The van der Waals surface area contributed by atoms with Gasteiger partial charge in [0.1, 0.15) is 5.82 Å². The highest BCUT2D eigenvalue weighted by Crippen LogP contribution is 2.32. The molecule has 1 amide bonds. The normalized spacial score (nSPS) is 17.9. The number of aromatic nitrogens is 2. The zero-order valence-corrected chi connectivity index (χ0v) is 19.3. The Kier molecular flexibility index (Phi) is 5.90. The largest absolute Gasteiger partial charge is 0.347 e. The number of benzene rings is 2. The number of aromatic amines is 1. The molecule has 0 atom stereocenters. The van der Waals surface area contributed by atoms with Crippen molar-refractivity contribution in [2.24, 2.45) is 0 Å². The lowest BCUT2D eigenvalue weighted by Gasteiger charge is -2.40. The molecular weight excluding hydrogens is 410 g/mol. The first kappa shape index (κ1) is 21.7. The highest BCUT2D eigenvalue weighted by molar-refractivity contribution is 5.97. The molecule has 0 unspecified atom stereocenters. The molecule has 0 bridgehead atoms. The van der Waals surface area contributed by atoms with Crippen LogP contribution in [0.4, 0.5) is 0 Å². The Morgan fingerprint density at radius 3 is 2.85 bits per heavy atom. The molecule has 2 aromatic carbocycles. The minimum atomic E-state index is -0.142. The van der Waals surface area contributed by atoms with Gasteiger partial charge < -0.3 is 10.3 Å². The lowest BCUT2D eigenvalue weighted by molar-refractivity contribution is 0.0840. The minimum absolute atomic E-state index is 0.00692. The number of nitrogens with one attached hydrogen (secondary N) is 2. The van der Waals surface area contributed by atoms with Crippen molar-refractivity contribution in [1.29, 1.82) is 5.26 Å². The highest BCUT2D eigenvalue weighted by atomic mass is 16.1. The third-order valence-corrected chi connectivity index (χ3v) is 7.39. The molecule has 1 aliphatic heterocycles. The number of aryl methyl sites for hydroxylation is 1. The fraction of sp³-hybridized carbons (Fsp3) is 0.444. The van der Waals surface area contributed by atoms with Crippen LogP contribution in [0.5, 0.6) is 0 Å². The fourth-order valence-electron chi connectivity index (χ4n) is 5.50. The Morgan fingerprint density at radius 2 is 2.03 bits per heavy atom. The SMILES string of the molecule is Cc1nc2cc(C(=O)NC3(CCN4CCc5cc(C#N)ccc5C4)CCCCC3)ccc2[nH]1. The lowest BCUT2D eigenvalue weighted by atomic mass is 9.78. The van der Waals surface area contributed by atoms with E-state index in [-0.39, 0.29) is 11.4 Å². The van der Waals surface area contributed by atoms with Gasteiger partial charge in [0.25, 0.3) is 5.91 Å². The van der Waals surface area contributed by atoms with Gasteiger partial charge in [-0.2, -0.15) is 5.26 Å². The van der Waals surface area contributed by atoms with Crippen LogP contribution in [0.2, 0.25) is 0 Å². The maximum atomic E-state index is 13.3. The molecule has 5 rings (SSSR count). The Labute approximate surface area is 195 Å². The molecule has 0 saturated heterocycles. The van der Waals surface area contributed by atoms with E-state index >= 15 is 0 Å². The molecule has 2 aliphatic rings. The summed E-state index contributed by atoms with van der Waals surface area (Å²) in [6.45, 7) is 4.82. The van der Waals surface area contributed by atoms with Crippen LogP contribution >= 0.6 is 0 Å². The molecule has 170 valence electrons. The van der Waals surface area contributed by atoms with Gasteiger partial charge >= 0.3 is 0 Å². The van der Waals surface area contributed by atoms with Gasteiger partial charge in [-0.1, -0.05) is 25.3 Å². The second-order valence-electron chi connectivity index (χ2n) is 9.72. The minimum Gasteiger partial charge on any atom is -0.347 e. The molecule has 3 aromatic rings. The van der Waals surface area contributed by atoms with Crippen LogP contribution in [0.3, 0.4) is 0 Å². The van der Waals surface area contributed by atoms with Crippen molar-refractivity contribution in [3.63, 3.8) is 0 Å². The molecular formula is C27H31N5O. The second-order valence-corrected chi connectivity index (χ2v) is 9.72. The standard InChI is InChI=1S/C27H31N5O/c1-19-29-24-8-7-22(16-25(24)30-19)26(33)31-27(10-3-2-4-11-27)12-14-32-13-9-21-15-20(17-28)5-6-23(21)18-32/h5-8,15-16H,2-4,9-14,18H2,1H3,(H,29,30)(H,31,33). The van der Waals surface area contributed by atoms with Gasteiger partial charge in [0.05, 0.1) is 22.7 Å². The number of nitriles is 1. The van der Waals surface area contributed by atoms with Crippen molar-refractivity contribution < 1.29 is 4.79 Å².